The van der Waals surface area contributed by atoms with Crippen molar-refractivity contribution in [3.63, 3.8) is 0 Å². The summed E-state index contributed by atoms with van der Waals surface area (Å²) in [7, 11) is 0. The summed E-state index contributed by atoms with van der Waals surface area (Å²) in [5.41, 5.74) is 6.65. The second-order valence-corrected chi connectivity index (χ2v) is 14.8. The van der Waals surface area contributed by atoms with Gasteiger partial charge in [0.25, 0.3) is 0 Å². The lowest BCUT2D eigenvalue weighted by atomic mass is 9.74. The summed E-state index contributed by atoms with van der Waals surface area (Å²) >= 11 is 0. The summed E-state index contributed by atoms with van der Waals surface area (Å²) in [4.78, 5) is 0. The van der Waals surface area contributed by atoms with Crippen molar-refractivity contribution in [3.05, 3.63) is 34.4 Å². The molecule has 0 saturated heterocycles. The highest BCUT2D eigenvalue weighted by Gasteiger charge is 2.26. The van der Waals surface area contributed by atoms with Gasteiger partial charge in [0.2, 0.25) is 0 Å². The van der Waals surface area contributed by atoms with Crippen molar-refractivity contribution in [2.45, 2.75) is 187 Å². The summed E-state index contributed by atoms with van der Waals surface area (Å²) in [5, 5.41) is 27.6. The minimum Gasteiger partial charge on any atom is -0.394 e. The Labute approximate surface area is 261 Å². The van der Waals surface area contributed by atoms with E-state index in [2.05, 4.69) is 60.6 Å². The Morgan fingerprint density at radius 2 is 0.976 bits per heavy atom. The van der Waals surface area contributed by atoms with Crippen LogP contribution in [-0.2, 0) is 28.4 Å². The van der Waals surface area contributed by atoms with E-state index in [0.717, 1.165) is 19.3 Å². The smallest absolute Gasteiger partial charge is 0.105 e. The Hall–Kier alpha value is -0.940. The number of hydrogen-bond acceptors (Lipinski definition) is 4. The first-order valence-corrected chi connectivity index (χ1v) is 17.6. The lowest BCUT2D eigenvalue weighted by molar-refractivity contribution is -0.0571. The molecule has 4 heteroatoms. The minimum atomic E-state index is -1.11. The van der Waals surface area contributed by atoms with E-state index in [9.17, 15) is 10.2 Å². The zero-order valence-corrected chi connectivity index (χ0v) is 28.9. The van der Waals surface area contributed by atoms with E-state index >= 15 is 0 Å². The maximum atomic E-state index is 9.52. The van der Waals surface area contributed by atoms with Gasteiger partial charge in [0.1, 0.15) is 12.2 Å². The number of hydrogen-bond donors (Lipinski definition) is 3. The van der Waals surface area contributed by atoms with Gasteiger partial charge < -0.3 is 20.1 Å². The Morgan fingerprint density at radius 3 is 1.33 bits per heavy atom. The number of benzene rings is 1. The molecule has 0 aromatic heterocycles. The molecular formula is C38H70O4. The van der Waals surface area contributed by atoms with Gasteiger partial charge in [0.15, 0.2) is 0 Å². The van der Waals surface area contributed by atoms with Gasteiger partial charge in [-0.25, -0.2) is 0 Å². The molecule has 0 unspecified atom stereocenters. The zero-order chi connectivity index (χ0) is 31.4. The van der Waals surface area contributed by atoms with Crippen molar-refractivity contribution in [2.24, 2.45) is 0 Å². The normalized spacial score (nSPS) is 14.0. The zero-order valence-electron chi connectivity index (χ0n) is 28.9. The molecule has 0 bridgehead atoms. The molecule has 0 amide bonds. The van der Waals surface area contributed by atoms with Crippen molar-refractivity contribution in [1.29, 1.82) is 0 Å². The van der Waals surface area contributed by atoms with Gasteiger partial charge in [-0.2, -0.15) is 0 Å². The summed E-state index contributed by atoms with van der Waals surface area (Å²) in [6, 6.07) is 4.99. The van der Waals surface area contributed by atoms with Crippen LogP contribution in [-0.4, -0.2) is 47.3 Å². The molecule has 3 N–H and O–H groups in total. The van der Waals surface area contributed by atoms with Crippen LogP contribution in [0, 0.1) is 0 Å². The van der Waals surface area contributed by atoms with E-state index in [1.165, 1.54) is 102 Å². The summed E-state index contributed by atoms with van der Waals surface area (Å²) in [6.45, 7) is 16.8. The van der Waals surface area contributed by atoms with Gasteiger partial charge in [-0.3, -0.25) is 0 Å². The van der Waals surface area contributed by atoms with Crippen LogP contribution in [0.2, 0.25) is 0 Å². The molecule has 0 aliphatic carbocycles. The maximum absolute atomic E-state index is 9.52. The average molecular weight is 591 g/mol. The second kappa shape index (κ2) is 21.7. The van der Waals surface area contributed by atoms with E-state index in [4.69, 9.17) is 9.84 Å². The minimum absolute atomic E-state index is 0.0907. The van der Waals surface area contributed by atoms with Crippen LogP contribution in [0.3, 0.4) is 0 Å². The third-order valence-corrected chi connectivity index (χ3v) is 8.72. The van der Waals surface area contributed by atoms with E-state index in [1.54, 1.807) is 16.7 Å². The molecule has 0 heterocycles. The molecule has 0 fully saturated rings. The lowest BCUT2D eigenvalue weighted by Crippen LogP contribution is -2.33. The lowest BCUT2D eigenvalue weighted by Gasteiger charge is -2.31. The van der Waals surface area contributed by atoms with Crippen molar-refractivity contribution in [2.75, 3.05) is 19.8 Å². The molecule has 1 aromatic rings. The van der Waals surface area contributed by atoms with E-state index < -0.39 is 18.8 Å². The van der Waals surface area contributed by atoms with Gasteiger partial charge in [0.05, 0.1) is 13.2 Å². The van der Waals surface area contributed by atoms with E-state index in [-0.39, 0.29) is 17.4 Å². The Kier molecular flexibility index (Phi) is 20.2. The predicted octanol–water partition coefficient (Wildman–Crippen LogP) is 9.36. The Bertz CT molecular complexity index is 769. The van der Waals surface area contributed by atoms with E-state index in [1.807, 2.05) is 0 Å². The molecular weight excluding hydrogens is 520 g/mol. The number of aliphatic hydroxyl groups excluding tert-OH is 3. The Balaban J connectivity index is 2.06. The van der Waals surface area contributed by atoms with E-state index in [0.29, 0.717) is 6.61 Å². The van der Waals surface area contributed by atoms with Crippen LogP contribution >= 0.6 is 0 Å². The first-order chi connectivity index (χ1) is 19.9. The highest BCUT2D eigenvalue weighted by Crippen LogP contribution is 2.36. The SMILES string of the molecule is CCc1cc(C(C)(C)C)c(CCCCCCCCCCCCCCCCCCOC[C@H](O)[C@H](O)CO)c(C(C)(C)C)c1. The van der Waals surface area contributed by atoms with Crippen LogP contribution in [0.5, 0.6) is 0 Å². The topological polar surface area (TPSA) is 69.9 Å². The highest BCUT2D eigenvalue weighted by molar-refractivity contribution is 5.46. The third-order valence-electron chi connectivity index (χ3n) is 8.72. The quantitative estimate of drug-likeness (QED) is 0.105. The molecule has 0 aliphatic rings. The second-order valence-electron chi connectivity index (χ2n) is 14.8. The molecule has 42 heavy (non-hydrogen) atoms. The van der Waals surface area contributed by atoms with Crippen LogP contribution in [0.15, 0.2) is 12.1 Å². The Morgan fingerprint density at radius 1 is 0.595 bits per heavy atom. The van der Waals surface area contributed by atoms with Crippen LogP contribution in [0.1, 0.15) is 173 Å². The van der Waals surface area contributed by atoms with Gasteiger partial charge in [-0.05, 0) is 58.8 Å². The van der Waals surface area contributed by atoms with Crippen LogP contribution in [0.4, 0.5) is 0 Å². The maximum Gasteiger partial charge on any atom is 0.105 e. The van der Waals surface area contributed by atoms with Crippen molar-refractivity contribution < 1.29 is 20.1 Å². The number of aryl methyl sites for hydroxylation is 1. The number of unbranched alkanes of at least 4 members (excludes halogenated alkanes) is 15. The molecule has 4 nitrogen and oxygen atoms in total. The fourth-order valence-electron chi connectivity index (χ4n) is 5.96. The first-order valence-electron chi connectivity index (χ1n) is 17.6. The largest absolute Gasteiger partial charge is 0.394 e. The molecule has 1 rings (SSSR count). The summed E-state index contributed by atoms with van der Waals surface area (Å²) in [5.74, 6) is 0. The monoisotopic (exact) mass is 591 g/mol. The number of ether oxygens (including phenoxy) is 1. The average Bonchev–Trinajstić information content (AvgIpc) is 2.94. The van der Waals surface area contributed by atoms with Crippen molar-refractivity contribution in [3.8, 4) is 0 Å². The first kappa shape index (κ1) is 39.1. The third kappa shape index (κ3) is 16.8. The molecule has 0 aliphatic heterocycles. The molecule has 246 valence electrons. The van der Waals surface area contributed by atoms with Gasteiger partial charge in [-0.1, -0.05) is 150 Å². The van der Waals surface area contributed by atoms with Crippen molar-refractivity contribution >= 4 is 0 Å². The number of aliphatic hydroxyl groups is 3. The number of rotatable bonds is 24. The fourth-order valence-corrected chi connectivity index (χ4v) is 5.96. The molecule has 0 saturated carbocycles. The molecule has 0 radical (unpaired) electrons. The highest BCUT2D eigenvalue weighted by atomic mass is 16.5. The van der Waals surface area contributed by atoms with Gasteiger partial charge >= 0.3 is 0 Å². The standard InChI is InChI=1S/C38H70O4/c1-8-31-27-33(37(2,3)4)32(34(28-31)38(5,6)7)25-23-21-19-17-15-13-11-9-10-12-14-16-18-20-22-24-26-42-30-36(41)35(40)29-39/h27-28,35-36,39-41H,8-26,29-30H2,1-7H3/t35-,36+/m1/s1. The van der Waals surface area contributed by atoms with Crippen LogP contribution in [0.25, 0.3) is 0 Å². The molecule has 2 atom stereocenters. The summed E-state index contributed by atoms with van der Waals surface area (Å²) < 4.78 is 5.37. The molecule has 1 aromatic carbocycles. The van der Waals surface area contributed by atoms with Gasteiger partial charge in [0, 0.05) is 6.61 Å². The summed E-state index contributed by atoms with van der Waals surface area (Å²) in [6.07, 6.45) is 21.4. The van der Waals surface area contributed by atoms with Crippen molar-refractivity contribution in [1.82, 2.24) is 0 Å². The fraction of sp³-hybridized carbons (Fsp3) is 0.842. The predicted molar refractivity (Wildman–Crippen MR) is 181 cm³/mol. The molecule has 0 spiro atoms. The van der Waals surface area contributed by atoms with Gasteiger partial charge in [-0.15, -0.1) is 0 Å². The van der Waals surface area contributed by atoms with Crippen LogP contribution < -0.4 is 0 Å².